The highest BCUT2D eigenvalue weighted by atomic mass is 15.3. The molecule has 0 aliphatic carbocycles. The molecule has 0 aromatic heterocycles. The zero-order valence-electron chi connectivity index (χ0n) is 11.8. The Balaban J connectivity index is 2.12. The van der Waals surface area contributed by atoms with Gasteiger partial charge in [-0.3, -0.25) is 4.90 Å². The van der Waals surface area contributed by atoms with E-state index in [1.807, 2.05) is 0 Å². The zero-order valence-corrected chi connectivity index (χ0v) is 11.8. The first kappa shape index (κ1) is 14.7. The summed E-state index contributed by atoms with van der Waals surface area (Å²) in [4.78, 5) is 4.90. The number of hydrogen-bond acceptors (Lipinski definition) is 3. The average molecular weight is 239 g/mol. The third-order valence-electron chi connectivity index (χ3n) is 3.77. The van der Waals surface area contributed by atoms with Gasteiger partial charge in [0.05, 0.1) is 6.17 Å². The molecule has 3 nitrogen and oxygen atoms in total. The Morgan fingerprint density at radius 1 is 1.18 bits per heavy atom. The minimum Gasteiger partial charge on any atom is -0.316 e. The molecular weight excluding hydrogens is 210 g/mol. The Morgan fingerprint density at radius 2 is 1.76 bits per heavy atom. The number of nitrogens with two attached hydrogens (primary N) is 1. The molecule has 0 saturated carbocycles. The first-order chi connectivity index (χ1) is 8.00. The maximum atomic E-state index is 5.88. The van der Waals surface area contributed by atoms with E-state index in [9.17, 15) is 0 Å². The second-order valence-corrected chi connectivity index (χ2v) is 5.53. The minimum absolute atomic E-state index is 0.206. The van der Waals surface area contributed by atoms with Crippen LogP contribution in [0.4, 0.5) is 0 Å². The molecule has 0 bridgehead atoms. The largest absolute Gasteiger partial charge is 0.316 e. The van der Waals surface area contributed by atoms with Gasteiger partial charge in [-0.15, -0.1) is 0 Å². The predicted octanol–water partition coefficient (Wildman–Crippen LogP) is 1.90. The van der Waals surface area contributed by atoms with Gasteiger partial charge in [0, 0.05) is 26.2 Å². The highest BCUT2D eigenvalue weighted by Crippen LogP contribution is 2.14. The molecule has 3 heteroatoms. The Labute approximate surface area is 107 Å². The van der Waals surface area contributed by atoms with E-state index in [0.29, 0.717) is 5.92 Å². The van der Waals surface area contributed by atoms with Gasteiger partial charge in [0.2, 0.25) is 0 Å². The molecule has 17 heavy (non-hydrogen) atoms. The molecule has 1 aliphatic rings. The molecule has 0 radical (unpaired) electrons. The van der Waals surface area contributed by atoms with Crippen molar-refractivity contribution < 1.29 is 0 Å². The third-order valence-corrected chi connectivity index (χ3v) is 3.77. The van der Waals surface area contributed by atoms with E-state index >= 15 is 0 Å². The molecule has 100 valence electrons. The van der Waals surface area contributed by atoms with Crippen molar-refractivity contribution in [2.45, 2.75) is 39.8 Å². The summed E-state index contributed by atoms with van der Waals surface area (Å²) in [5.41, 5.74) is 7.27. The van der Waals surface area contributed by atoms with E-state index in [0.717, 1.165) is 26.2 Å². The van der Waals surface area contributed by atoms with Crippen molar-refractivity contribution in [3.63, 3.8) is 0 Å². The van der Waals surface area contributed by atoms with Gasteiger partial charge < -0.3 is 10.6 Å². The molecule has 0 amide bonds. The van der Waals surface area contributed by atoms with Crippen LogP contribution in [0.3, 0.4) is 0 Å². The number of allylic oxidation sites excluding steroid dienone is 1. The second-order valence-electron chi connectivity index (χ2n) is 5.53. The predicted molar refractivity (Wildman–Crippen MR) is 74.9 cm³/mol. The van der Waals surface area contributed by atoms with Crippen molar-refractivity contribution in [1.29, 1.82) is 0 Å². The van der Waals surface area contributed by atoms with Gasteiger partial charge in [-0.05, 0) is 32.2 Å². The van der Waals surface area contributed by atoms with Crippen LogP contribution in [0.5, 0.6) is 0 Å². The fourth-order valence-electron chi connectivity index (χ4n) is 2.21. The molecular formula is C14H29N3. The SMILES string of the molecule is C=C(CCCN1CCN(C(C)N)CC1)C(C)C. The van der Waals surface area contributed by atoms with Gasteiger partial charge in [0.15, 0.2) is 0 Å². The molecule has 1 atom stereocenters. The summed E-state index contributed by atoms with van der Waals surface area (Å²) >= 11 is 0. The van der Waals surface area contributed by atoms with Crippen LogP contribution in [0.25, 0.3) is 0 Å². The van der Waals surface area contributed by atoms with E-state index in [1.54, 1.807) is 0 Å². The fourth-order valence-corrected chi connectivity index (χ4v) is 2.21. The molecule has 1 rings (SSSR count). The first-order valence-corrected chi connectivity index (χ1v) is 6.90. The van der Waals surface area contributed by atoms with Gasteiger partial charge in [-0.2, -0.15) is 0 Å². The molecule has 0 aromatic carbocycles. The van der Waals surface area contributed by atoms with Crippen LogP contribution in [0, 0.1) is 5.92 Å². The molecule has 1 aliphatic heterocycles. The molecule has 2 N–H and O–H groups in total. The molecule has 1 fully saturated rings. The van der Waals surface area contributed by atoms with Crippen molar-refractivity contribution in [2.75, 3.05) is 32.7 Å². The topological polar surface area (TPSA) is 32.5 Å². The van der Waals surface area contributed by atoms with Crippen molar-refractivity contribution in [3.8, 4) is 0 Å². The second kappa shape index (κ2) is 7.14. The highest BCUT2D eigenvalue weighted by Gasteiger charge is 2.18. The molecule has 1 saturated heterocycles. The summed E-state index contributed by atoms with van der Waals surface area (Å²) in [7, 11) is 0. The van der Waals surface area contributed by atoms with Crippen LogP contribution in [0.1, 0.15) is 33.6 Å². The van der Waals surface area contributed by atoms with Crippen molar-refractivity contribution in [1.82, 2.24) is 9.80 Å². The Hall–Kier alpha value is -0.380. The lowest BCUT2D eigenvalue weighted by molar-refractivity contribution is 0.104. The third kappa shape index (κ3) is 5.19. The van der Waals surface area contributed by atoms with E-state index in [2.05, 4.69) is 37.1 Å². The van der Waals surface area contributed by atoms with Gasteiger partial charge in [-0.1, -0.05) is 26.0 Å². The molecule has 0 spiro atoms. The lowest BCUT2D eigenvalue weighted by Crippen LogP contribution is -2.52. The van der Waals surface area contributed by atoms with Crippen LogP contribution in [-0.4, -0.2) is 48.7 Å². The van der Waals surface area contributed by atoms with Gasteiger partial charge in [0.1, 0.15) is 0 Å². The number of rotatable bonds is 6. The average Bonchev–Trinajstić information content (AvgIpc) is 2.29. The van der Waals surface area contributed by atoms with Crippen LogP contribution in [0.2, 0.25) is 0 Å². The summed E-state index contributed by atoms with van der Waals surface area (Å²) in [6, 6.07) is 0. The van der Waals surface area contributed by atoms with Crippen molar-refractivity contribution in [3.05, 3.63) is 12.2 Å². The quantitative estimate of drug-likeness (QED) is 0.719. The lowest BCUT2D eigenvalue weighted by atomic mass is 10.0. The Kier molecular flexibility index (Phi) is 6.17. The van der Waals surface area contributed by atoms with Crippen LogP contribution in [0.15, 0.2) is 12.2 Å². The minimum atomic E-state index is 0.206. The fraction of sp³-hybridized carbons (Fsp3) is 0.857. The first-order valence-electron chi connectivity index (χ1n) is 6.90. The summed E-state index contributed by atoms with van der Waals surface area (Å²) in [6.45, 7) is 16.4. The summed E-state index contributed by atoms with van der Waals surface area (Å²) < 4.78 is 0. The summed E-state index contributed by atoms with van der Waals surface area (Å²) in [5, 5.41) is 0. The van der Waals surface area contributed by atoms with Gasteiger partial charge >= 0.3 is 0 Å². The van der Waals surface area contributed by atoms with Crippen LogP contribution in [-0.2, 0) is 0 Å². The number of piperazine rings is 1. The standard InChI is InChI=1S/C14H29N3/c1-12(2)13(3)6-5-7-16-8-10-17(11-9-16)14(4)15/h12,14H,3,5-11,15H2,1-2,4H3. The Bertz CT molecular complexity index is 228. The van der Waals surface area contributed by atoms with Crippen molar-refractivity contribution in [2.24, 2.45) is 11.7 Å². The summed E-state index contributed by atoms with van der Waals surface area (Å²) in [6.07, 6.45) is 2.62. The van der Waals surface area contributed by atoms with E-state index < -0.39 is 0 Å². The Morgan fingerprint density at radius 3 is 2.24 bits per heavy atom. The van der Waals surface area contributed by atoms with Gasteiger partial charge in [-0.25, -0.2) is 0 Å². The van der Waals surface area contributed by atoms with E-state index in [-0.39, 0.29) is 6.17 Å². The smallest absolute Gasteiger partial charge is 0.0543 e. The monoisotopic (exact) mass is 239 g/mol. The van der Waals surface area contributed by atoms with Crippen LogP contribution < -0.4 is 5.73 Å². The van der Waals surface area contributed by atoms with Crippen LogP contribution >= 0.6 is 0 Å². The lowest BCUT2D eigenvalue weighted by Gasteiger charge is -2.36. The highest BCUT2D eigenvalue weighted by molar-refractivity contribution is 4.97. The molecule has 1 heterocycles. The number of nitrogens with zero attached hydrogens (tertiary/aromatic N) is 2. The normalized spacial score (nSPS) is 20.8. The molecule has 1 unspecified atom stereocenters. The van der Waals surface area contributed by atoms with Gasteiger partial charge in [0.25, 0.3) is 0 Å². The maximum absolute atomic E-state index is 5.88. The maximum Gasteiger partial charge on any atom is 0.0543 e. The summed E-state index contributed by atoms with van der Waals surface area (Å²) in [5.74, 6) is 0.630. The van der Waals surface area contributed by atoms with E-state index in [4.69, 9.17) is 5.73 Å². The van der Waals surface area contributed by atoms with E-state index in [1.165, 1.54) is 25.0 Å². The number of hydrogen-bond donors (Lipinski definition) is 1. The zero-order chi connectivity index (χ0) is 12.8. The molecule has 0 aromatic rings. The van der Waals surface area contributed by atoms with Crippen molar-refractivity contribution >= 4 is 0 Å².